The fourth-order valence-corrected chi connectivity index (χ4v) is 7.85. The largest absolute Gasteiger partial charge is 0.507 e. The van der Waals surface area contributed by atoms with Crippen LogP contribution in [0.25, 0.3) is 61.6 Å². The van der Waals surface area contributed by atoms with Crippen molar-refractivity contribution in [2.75, 3.05) is 0 Å². The summed E-state index contributed by atoms with van der Waals surface area (Å²) in [6.07, 6.45) is 1.96. The van der Waals surface area contributed by atoms with Crippen LogP contribution in [-0.2, 0) is 26.5 Å². The molecule has 0 atom stereocenters. The molecule has 0 amide bonds. The third-order valence-corrected chi connectivity index (χ3v) is 10.9. The molecule has 0 aliphatic rings. The Morgan fingerprint density at radius 3 is 2.02 bits per heavy atom. The van der Waals surface area contributed by atoms with Gasteiger partial charge in [-0.3, -0.25) is 9.55 Å². The van der Waals surface area contributed by atoms with Gasteiger partial charge in [-0.2, -0.15) is 0 Å². The van der Waals surface area contributed by atoms with Gasteiger partial charge in [0.25, 0.3) is 0 Å². The number of rotatable bonds is 7. The summed E-state index contributed by atoms with van der Waals surface area (Å²) in [4.78, 5) is 10.3. The summed E-state index contributed by atoms with van der Waals surface area (Å²) >= 11 is 0. The second-order valence-electron chi connectivity index (χ2n) is 15.1. The summed E-state index contributed by atoms with van der Waals surface area (Å²) in [5.41, 5.74) is 17.0. The topological polar surface area (TPSA) is 50.9 Å². The Hall–Kier alpha value is -5.57. The molecule has 0 bridgehead atoms. The van der Waals surface area contributed by atoms with Crippen LogP contribution in [0, 0.1) is 40.7 Å². The van der Waals surface area contributed by atoms with Gasteiger partial charge in [-0.1, -0.05) is 136 Å². The predicted molar refractivity (Wildman–Crippen MR) is 223 cm³/mol. The van der Waals surface area contributed by atoms with Crippen molar-refractivity contribution in [3.8, 4) is 56.3 Å². The summed E-state index contributed by atoms with van der Waals surface area (Å²) in [6.45, 7) is 14.9. The maximum atomic E-state index is 11.6. The second-order valence-corrected chi connectivity index (χ2v) is 15.1. The molecule has 0 unspecified atom stereocenters. The first-order chi connectivity index (χ1) is 26.0. The number of para-hydroxylation sites is 1. The summed E-state index contributed by atoms with van der Waals surface area (Å²) in [7, 11) is 0. The van der Waals surface area contributed by atoms with Crippen LogP contribution < -0.4 is 0 Å². The summed E-state index contributed by atoms with van der Waals surface area (Å²) < 4.78 is 2.20. The number of aromatic hydroxyl groups is 1. The molecule has 2 heterocycles. The molecule has 8 rings (SSSR count). The summed E-state index contributed by atoms with van der Waals surface area (Å²) in [5, 5.41) is 11.6. The summed E-state index contributed by atoms with van der Waals surface area (Å²) in [5.74, 6) is 0.925. The number of phenolic OH excluding ortho intramolecular Hbond substituents is 1. The van der Waals surface area contributed by atoms with Crippen molar-refractivity contribution in [3.05, 3.63) is 179 Å². The first kappa shape index (κ1) is 37.7. The number of pyridine rings is 1. The van der Waals surface area contributed by atoms with E-state index < -0.39 is 0 Å². The third kappa shape index (κ3) is 6.85. The van der Waals surface area contributed by atoms with Crippen molar-refractivity contribution < 1.29 is 26.2 Å². The molecule has 276 valence electrons. The van der Waals surface area contributed by atoms with E-state index in [9.17, 15) is 5.11 Å². The maximum absolute atomic E-state index is 11.6. The van der Waals surface area contributed by atoms with Gasteiger partial charge in [-0.25, -0.2) is 4.98 Å². The molecular formula is C50H44N3OPt-. The van der Waals surface area contributed by atoms with Crippen molar-refractivity contribution in [2.24, 2.45) is 0 Å². The number of nitrogens with zero attached hydrogens (tertiary/aromatic N) is 3. The normalized spacial score (nSPS) is 11.5. The van der Waals surface area contributed by atoms with E-state index >= 15 is 0 Å². The quantitative estimate of drug-likeness (QED) is 0.162. The van der Waals surface area contributed by atoms with E-state index in [-0.39, 0.29) is 32.2 Å². The van der Waals surface area contributed by atoms with Gasteiger partial charge in [-0.05, 0) is 84.0 Å². The minimum atomic E-state index is -0.240. The molecule has 0 fully saturated rings. The Balaban J connectivity index is 0.00000465. The van der Waals surface area contributed by atoms with Crippen LogP contribution in [0.15, 0.2) is 134 Å². The van der Waals surface area contributed by atoms with Crippen molar-refractivity contribution in [1.82, 2.24) is 14.5 Å². The fraction of sp³-hybridized carbons (Fsp3) is 0.160. The average Bonchev–Trinajstić information content (AvgIpc) is 3.57. The molecule has 0 saturated carbocycles. The minimum Gasteiger partial charge on any atom is -0.507 e. The Morgan fingerprint density at radius 2 is 1.27 bits per heavy atom. The van der Waals surface area contributed by atoms with Crippen LogP contribution in [0.5, 0.6) is 5.75 Å². The molecule has 0 spiro atoms. The first-order valence-electron chi connectivity index (χ1n) is 18.6. The van der Waals surface area contributed by atoms with E-state index in [0.29, 0.717) is 11.4 Å². The number of aromatic nitrogens is 3. The number of imidazole rings is 1. The fourth-order valence-electron chi connectivity index (χ4n) is 7.85. The van der Waals surface area contributed by atoms with Gasteiger partial charge in [0.05, 0.1) is 16.6 Å². The van der Waals surface area contributed by atoms with Gasteiger partial charge in [0.1, 0.15) is 11.6 Å². The van der Waals surface area contributed by atoms with Gasteiger partial charge in [0.15, 0.2) is 0 Å². The van der Waals surface area contributed by atoms with Gasteiger partial charge in [0.2, 0.25) is 0 Å². The minimum absolute atomic E-state index is 0. The first-order valence-corrected chi connectivity index (χ1v) is 18.6. The number of aryl methyl sites for hydroxylation is 5. The predicted octanol–water partition coefficient (Wildman–Crippen LogP) is 12.5. The molecular weight excluding hydrogens is 854 g/mol. The Labute approximate surface area is 338 Å². The number of benzene rings is 6. The molecule has 0 aliphatic carbocycles. The van der Waals surface area contributed by atoms with Crippen molar-refractivity contribution in [2.45, 2.75) is 53.9 Å². The van der Waals surface area contributed by atoms with Crippen molar-refractivity contribution in [3.63, 3.8) is 0 Å². The van der Waals surface area contributed by atoms with E-state index in [1.807, 2.05) is 31.3 Å². The number of fused-ring (bicyclic) bond motifs is 1. The Morgan fingerprint density at radius 1 is 0.600 bits per heavy atom. The van der Waals surface area contributed by atoms with Crippen LogP contribution in [0.1, 0.15) is 52.8 Å². The van der Waals surface area contributed by atoms with Gasteiger partial charge in [0, 0.05) is 44.1 Å². The number of phenols is 1. The molecule has 0 aliphatic heterocycles. The smallest absolute Gasteiger partial charge is 0.148 e. The SMILES string of the molecule is Cc1cc(C)c(O)c(-c2nc3c(-c4[c-]c(-c5cc(-c6ccccc6)c(C)cn5)c(C)cc4C)cccc3n2-c2cccc(C(C)(C)c3ccccc3)c2)c1.[Pt]. The molecule has 5 heteroatoms. The van der Waals surface area contributed by atoms with Crippen LogP contribution in [0.3, 0.4) is 0 Å². The number of hydrogen-bond donors (Lipinski definition) is 1. The molecule has 55 heavy (non-hydrogen) atoms. The molecule has 6 aromatic carbocycles. The van der Waals surface area contributed by atoms with Crippen LogP contribution in [0.4, 0.5) is 0 Å². The zero-order chi connectivity index (χ0) is 37.7. The monoisotopic (exact) mass is 897 g/mol. The average molecular weight is 898 g/mol. The van der Waals surface area contributed by atoms with Crippen molar-refractivity contribution in [1.29, 1.82) is 0 Å². The maximum Gasteiger partial charge on any atom is 0.148 e. The van der Waals surface area contributed by atoms with Crippen LogP contribution in [0.2, 0.25) is 0 Å². The van der Waals surface area contributed by atoms with E-state index in [4.69, 9.17) is 9.97 Å². The van der Waals surface area contributed by atoms with Gasteiger partial charge >= 0.3 is 0 Å². The molecule has 0 radical (unpaired) electrons. The Kier molecular flexibility index (Phi) is 10.2. The molecule has 2 aromatic heterocycles. The van der Waals surface area contributed by atoms with Crippen LogP contribution >= 0.6 is 0 Å². The third-order valence-electron chi connectivity index (χ3n) is 10.9. The van der Waals surface area contributed by atoms with E-state index in [0.717, 1.165) is 78.0 Å². The zero-order valence-corrected chi connectivity index (χ0v) is 34.6. The van der Waals surface area contributed by atoms with Crippen LogP contribution in [-0.4, -0.2) is 19.6 Å². The molecule has 4 nitrogen and oxygen atoms in total. The molecule has 0 saturated heterocycles. The number of hydrogen-bond acceptors (Lipinski definition) is 3. The zero-order valence-electron chi connectivity index (χ0n) is 32.3. The van der Waals surface area contributed by atoms with E-state index in [1.165, 1.54) is 11.1 Å². The van der Waals surface area contributed by atoms with Gasteiger partial charge < -0.3 is 5.11 Å². The molecule has 1 N–H and O–H groups in total. The second kappa shape index (κ2) is 14.9. The molecule has 8 aromatic rings. The van der Waals surface area contributed by atoms with E-state index in [1.54, 1.807) is 0 Å². The van der Waals surface area contributed by atoms with Crippen molar-refractivity contribution >= 4 is 11.0 Å². The Bertz CT molecular complexity index is 2690. The van der Waals surface area contributed by atoms with E-state index in [2.05, 4.69) is 161 Å². The summed E-state index contributed by atoms with van der Waals surface area (Å²) in [6, 6.07) is 48.5. The standard InChI is InChI=1S/C50H44N3O.Pt/c1-31-24-34(4)48(54)44(25-31)49-52-47-40(22-15-23-46(47)53(49)39-21-14-20-38(27-39)50(6,7)37-18-12-9-13-19-37)42-28-43(33(3)26-32(42)2)45-29-41(35(5)30-51-45)36-16-10-8-11-17-36;/h8-27,29-30,54H,1-7H3;/q-1;. The van der Waals surface area contributed by atoms with Gasteiger partial charge in [-0.15, -0.1) is 28.8 Å².